The molecule has 3 rings (SSSR count). The first-order valence-corrected chi connectivity index (χ1v) is 8.82. The van der Waals surface area contributed by atoms with Gasteiger partial charge in [-0.2, -0.15) is 0 Å². The molecule has 1 unspecified atom stereocenters. The van der Waals surface area contributed by atoms with Gasteiger partial charge >= 0.3 is 0 Å². The molecule has 1 saturated heterocycles. The Hall–Kier alpha value is -1.76. The number of hydrogen-bond acceptors (Lipinski definition) is 5. The van der Waals surface area contributed by atoms with Crippen LogP contribution in [0.25, 0.3) is 0 Å². The molecular formula is C16H21FN4OS. The number of thioether (sulfide) groups is 1. The van der Waals surface area contributed by atoms with Crippen LogP contribution in [-0.2, 0) is 10.5 Å². The second-order valence-corrected chi connectivity index (χ2v) is 6.69. The zero-order chi connectivity index (χ0) is 16.2. The van der Waals surface area contributed by atoms with Crippen molar-refractivity contribution in [2.24, 2.45) is 0 Å². The van der Waals surface area contributed by atoms with Crippen LogP contribution in [0.15, 0.2) is 28.9 Å². The highest BCUT2D eigenvalue weighted by Crippen LogP contribution is 2.27. The average Bonchev–Trinajstić information content (AvgIpc) is 3.00. The Morgan fingerprint density at radius 1 is 1.52 bits per heavy atom. The van der Waals surface area contributed by atoms with Crippen LogP contribution in [0.1, 0.15) is 18.4 Å². The van der Waals surface area contributed by atoms with Crippen molar-refractivity contribution in [3.63, 3.8) is 0 Å². The maximum Gasteiger partial charge on any atom is 0.259 e. The summed E-state index contributed by atoms with van der Waals surface area (Å²) in [5, 5.41) is 5.98. The van der Waals surface area contributed by atoms with E-state index in [4.69, 9.17) is 0 Å². The number of nitrogens with one attached hydrogen (secondary N) is 2. The van der Waals surface area contributed by atoms with Gasteiger partial charge in [0.2, 0.25) is 0 Å². The van der Waals surface area contributed by atoms with E-state index in [-0.39, 0.29) is 5.91 Å². The van der Waals surface area contributed by atoms with E-state index in [1.165, 1.54) is 11.8 Å². The van der Waals surface area contributed by atoms with Crippen molar-refractivity contribution in [2.75, 3.05) is 31.6 Å². The highest BCUT2D eigenvalue weighted by atomic mass is 32.2. The lowest BCUT2D eigenvalue weighted by molar-refractivity contribution is -0.117. The third-order valence-electron chi connectivity index (χ3n) is 4.09. The van der Waals surface area contributed by atoms with Crippen LogP contribution < -0.4 is 15.5 Å². The normalized spacial score (nSPS) is 21.6. The lowest BCUT2D eigenvalue weighted by atomic mass is 10.2. The molecule has 2 N–H and O–H groups in total. The van der Waals surface area contributed by atoms with E-state index in [0.717, 1.165) is 34.9 Å². The molecule has 5 nitrogen and oxygen atoms in total. The van der Waals surface area contributed by atoms with Crippen LogP contribution in [0.3, 0.4) is 0 Å². The Kier molecular flexibility index (Phi) is 5.05. The molecule has 3 heterocycles. The summed E-state index contributed by atoms with van der Waals surface area (Å²) in [6, 6.07) is 3.93. The number of anilines is 1. The smallest absolute Gasteiger partial charge is 0.259 e. The van der Waals surface area contributed by atoms with Gasteiger partial charge in [-0.05, 0) is 18.1 Å². The fourth-order valence-corrected chi connectivity index (χ4v) is 3.86. The molecule has 7 heteroatoms. The van der Waals surface area contributed by atoms with Gasteiger partial charge in [0.15, 0.2) is 0 Å². The molecule has 1 aromatic heterocycles. The molecule has 124 valence electrons. The van der Waals surface area contributed by atoms with Gasteiger partial charge in [0, 0.05) is 44.2 Å². The molecule has 0 bridgehead atoms. The van der Waals surface area contributed by atoms with E-state index in [0.29, 0.717) is 25.3 Å². The first-order valence-electron chi connectivity index (χ1n) is 7.83. The number of rotatable bonds is 5. The first kappa shape index (κ1) is 16.1. The number of amides is 1. The Bertz CT molecular complexity index is 605. The van der Waals surface area contributed by atoms with E-state index >= 15 is 0 Å². The highest BCUT2D eigenvalue weighted by molar-refractivity contribution is 8.03. The number of carbonyl (C=O) groups is 1. The van der Waals surface area contributed by atoms with E-state index < -0.39 is 6.17 Å². The van der Waals surface area contributed by atoms with Gasteiger partial charge in [-0.15, -0.1) is 11.8 Å². The van der Waals surface area contributed by atoms with Gasteiger partial charge in [0.05, 0.1) is 11.4 Å². The molecule has 2 aliphatic heterocycles. The molecule has 1 fully saturated rings. The molecule has 0 spiro atoms. The first-order chi connectivity index (χ1) is 11.2. The summed E-state index contributed by atoms with van der Waals surface area (Å²) < 4.78 is 13.3. The van der Waals surface area contributed by atoms with Crippen LogP contribution in [-0.4, -0.2) is 43.7 Å². The minimum Gasteiger partial charge on any atom is -0.390 e. The second kappa shape index (κ2) is 7.21. The fraction of sp³-hybridized carbons (Fsp3) is 0.500. The third-order valence-corrected chi connectivity index (χ3v) is 5.29. The third kappa shape index (κ3) is 3.77. The van der Waals surface area contributed by atoms with Gasteiger partial charge in [0.1, 0.15) is 12.0 Å². The topological polar surface area (TPSA) is 57.3 Å². The minimum atomic E-state index is -0.747. The Balaban J connectivity index is 1.62. The molecule has 0 aromatic carbocycles. The lowest BCUT2D eigenvalue weighted by Gasteiger charge is -2.20. The Morgan fingerprint density at radius 2 is 2.39 bits per heavy atom. The highest BCUT2D eigenvalue weighted by Gasteiger charge is 2.23. The molecule has 23 heavy (non-hydrogen) atoms. The van der Waals surface area contributed by atoms with Crippen molar-refractivity contribution in [1.29, 1.82) is 0 Å². The van der Waals surface area contributed by atoms with Gasteiger partial charge < -0.3 is 15.5 Å². The molecule has 2 aliphatic rings. The van der Waals surface area contributed by atoms with Crippen molar-refractivity contribution in [2.45, 2.75) is 24.8 Å². The number of aromatic nitrogens is 1. The molecular weight excluding hydrogens is 315 g/mol. The molecule has 1 aromatic rings. The quantitative estimate of drug-likeness (QED) is 0.859. The molecule has 1 amide bonds. The molecule has 0 aliphatic carbocycles. The van der Waals surface area contributed by atoms with Gasteiger partial charge in [-0.25, -0.2) is 9.37 Å². The van der Waals surface area contributed by atoms with E-state index in [1.54, 1.807) is 0 Å². The summed E-state index contributed by atoms with van der Waals surface area (Å²) in [5.41, 5.74) is 2.05. The maximum absolute atomic E-state index is 13.3. The lowest BCUT2D eigenvalue weighted by Crippen LogP contribution is -2.33. The predicted octanol–water partition coefficient (Wildman–Crippen LogP) is 1.81. The number of alkyl halides is 1. The van der Waals surface area contributed by atoms with Gasteiger partial charge in [-0.3, -0.25) is 4.79 Å². The van der Waals surface area contributed by atoms with Crippen molar-refractivity contribution >= 4 is 23.5 Å². The van der Waals surface area contributed by atoms with E-state index in [1.807, 2.05) is 30.3 Å². The number of hydrogen-bond donors (Lipinski definition) is 2. The van der Waals surface area contributed by atoms with E-state index in [2.05, 4.69) is 15.6 Å². The average molecular weight is 336 g/mol. The SMILES string of the molecule is CNC1=C(SCc2ccc(N3CCC(F)C3)nc2)C(=O)NCC1. The maximum atomic E-state index is 13.3. The minimum absolute atomic E-state index is 0.0127. The second-order valence-electron chi connectivity index (χ2n) is 5.71. The summed E-state index contributed by atoms with van der Waals surface area (Å²) in [6.07, 6.45) is 2.48. The summed E-state index contributed by atoms with van der Waals surface area (Å²) in [4.78, 5) is 19.1. The summed E-state index contributed by atoms with van der Waals surface area (Å²) in [6.45, 7) is 1.83. The zero-order valence-corrected chi connectivity index (χ0v) is 14.0. The number of nitrogens with zero attached hydrogens (tertiary/aromatic N) is 2. The zero-order valence-electron chi connectivity index (χ0n) is 13.1. The number of halogens is 1. The standard InChI is InChI=1S/C16H21FN4OS/c1-18-13-4-6-19-16(22)15(13)23-10-11-2-3-14(20-8-11)21-7-5-12(17)9-21/h2-3,8,12,18H,4-7,9-10H2,1H3,(H,19,22). The van der Waals surface area contributed by atoms with Crippen molar-refractivity contribution in [3.8, 4) is 0 Å². The van der Waals surface area contributed by atoms with Crippen LogP contribution in [0.5, 0.6) is 0 Å². The Labute approximate surface area is 139 Å². The number of pyridine rings is 1. The molecule has 0 saturated carbocycles. The van der Waals surface area contributed by atoms with E-state index in [9.17, 15) is 9.18 Å². The molecule has 0 radical (unpaired) electrons. The van der Waals surface area contributed by atoms with Crippen molar-refractivity contribution < 1.29 is 9.18 Å². The van der Waals surface area contributed by atoms with Gasteiger partial charge in [0.25, 0.3) is 5.91 Å². The summed E-state index contributed by atoms with van der Waals surface area (Å²) >= 11 is 1.52. The van der Waals surface area contributed by atoms with Crippen LogP contribution in [0, 0.1) is 0 Å². The van der Waals surface area contributed by atoms with Gasteiger partial charge in [-0.1, -0.05) is 6.07 Å². The molecule has 1 atom stereocenters. The summed E-state index contributed by atoms with van der Waals surface area (Å²) in [5.74, 6) is 1.50. The van der Waals surface area contributed by atoms with Crippen LogP contribution in [0.2, 0.25) is 0 Å². The summed E-state index contributed by atoms with van der Waals surface area (Å²) in [7, 11) is 1.85. The monoisotopic (exact) mass is 336 g/mol. The van der Waals surface area contributed by atoms with Crippen LogP contribution >= 0.6 is 11.8 Å². The van der Waals surface area contributed by atoms with Crippen molar-refractivity contribution in [3.05, 3.63) is 34.5 Å². The number of carbonyl (C=O) groups excluding carboxylic acids is 1. The Morgan fingerprint density at radius 3 is 3.04 bits per heavy atom. The van der Waals surface area contributed by atoms with Crippen LogP contribution in [0.4, 0.5) is 10.2 Å². The van der Waals surface area contributed by atoms with Crippen molar-refractivity contribution in [1.82, 2.24) is 15.6 Å². The largest absolute Gasteiger partial charge is 0.390 e. The predicted molar refractivity (Wildman–Crippen MR) is 91.0 cm³/mol. The fourth-order valence-electron chi connectivity index (χ4n) is 2.79.